The molecule has 0 amide bonds. The SMILES string of the molecule is CC(C)(O)CCn1cc(S(C)(=O)=O)cn1. The van der Waals surface area contributed by atoms with Gasteiger partial charge in [0, 0.05) is 19.0 Å². The van der Waals surface area contributed by atoms with Gasteiger partial charge in [0.1, 0.15) is 4.90 Å². The lowest BCUT2D eigenvalue weighted by Crippen LogP contribution is -2.21. The molecule has 0 radical (unpaired) electrons. The number of aromatic nitrogens is 2. The van der Waals surface area contributed by atoms with E-state index in [1.165, 1.54) is 17.1 Å². The van der Waals surface area contributed by atoms with Crippen LogP contribution < -0.4 is 0 Å². The van der Waals surface area contributed by atoms with Gasteiger partial charge in [-0.15, -0.1) is 0 Å². The molecule has 1 rings (SSSR count). The summed E-state index contributed by atoms with van der Waals surface area (Å²) in [5.41, 5.74) is -0.767. The average molecular weight is 232 g/mol. The normalized spacial score (nSPS) is 13.1. The van der Waals surface area contributed by atoms with Gasteiger partial charge >= 0.3 is 0 Å². The maximum Gasteiger partial charge on any atom is 0.178 e. The number of aliphatic hydroxyl groups is 1. The molecule has 0 aliphatic carbocycles. The molecule has 5 nitrogen and oxygen atoms in total. The van der Waals surface area contributed by atoms with Crippen molar-refractivity contribution in [1.82, 2.24) is 9.78 Å². The zero-order chi connectivity index (χ0) is 11.7. The van der Waals surface area contributed by atoms with E-state index in [1.807, 2.05) is 0 Å². The van der Waals surface area contributed by atoms with E-state index < -0.39 is 15.4 Å². The van der Waals surface area contributed by atoms with Crippen molar-refractivity contribution in [3.05, 3.63) is 12.4 Å². The lowest BCUT2D eigenvalue weighted by atomic mass is 10.1. The quantitative estimate of drug-likeness (QED) is 0.818. The van der Waals surface area contributed by atoms with Gasteiger partial charge in [-0.05, 0) is 20.3 Å². The van der Waals surface area contributed by atoms with E-state index in [9.17, 15) is 13.5 Å². The molecule has 15 heavy (non-hydrogen) atoms. The van der Waals surface area contributed by atoms with Crippen molar-refractivity contribution in [3.63, 3.8) is 0 Å². The summed E-state index contributed by atoms with van der Waals surface area (Å²) in [4.78, 5) is 0.207. The molecule has 1 N–H and O–H groups in total. The smallest absolute Gasteiger partial charge is 0.178 e. The first-order valence-electron chi connectivity index (χ1n) is 4.63. The van der Waals surface area contributed by atoms with E-state index in [-0.39, 0.29) is 4.90 Å². The summed E-state index contributed by atoms with van der Waals surface area (Å²) >= 11 is 0. The highest BCUT2D eigenvalue weighted by Crippen LogP contribution is 2.11. The van der Waals surface area contributed by atoms with Gasteiger partial charge in [0.2, 0.25) is 0 Å². The van der Waals surface area contributed by atoms with Crippen LogP contribution in [0.5, 0.6) is 0 Å². The van der Waals surface area contributed by atoms with Crippen molar-refractivity contribution in [2.45, 2.75) is 37.3 Å². The Morgan fingerprint density at radius 2 is 2.13 bits per heavy atom. The second-order valence-corrected chi connectivity index (χ2v) is 6.29. The Kier molecular flexibility index (Phi) is 3.20. The van der Waals surface area contributed by atoms with Crippen LogP contribution in [0.2, 0.25) is 0 Å². The molecule has 0 spiro atoms. The minimum atomic E-state index is -3.18. The summed E-state index contributed by atoms with van der Waals surface area (Å²) in [7, 11) is -3.18. The molecule has 6 heteroatoms. The van der Waals surface area contributed by atoms with Crippen LogP contribution in [0.1, 0.15) is 20.3 Å². The van der Waals surface area contributed by atoms with E-state index >= 15 is 0 Å². The zero-order valence-corrected chi connectivity index (χ0v) is 9.95. The number of hydrogen-bond acceptors (Lipinski definition) is 4. The fraction of sp³-hybridized carbons (Fsp3) is 0.667. The second kappa shape index (κ2) is 3.94. The molecule has 0 saturated heterocycles. The standard InChI is InChI=1S/C9H16N2O3S/c1-9(2,12)4-5-11-7-8(6-10-11)15(3,13)14/h6-7,12H,4-5H2,1-3H3. The number of sulfone groups is 1. The highest BCUT2D eigenvalue weighted by molar-refractivity contribution is 7.90. The third kappa shape index (κ3) is 4.01. The molecule has 1 aromatic heterocycles. The zero-order valence-electron chi connectivity index (χ0n) is 9.14. The lowest BCUT2D eigenvalue weighted by Gasteiger charge is -2.16. The number of hydrogen-bond donors (Lipinski definition) is 1. The number of nitrogens with zero attached hydrogens (tertiary/aromatic N) is 2. The van der Waals surface area contributed by atoms with Crippen LogP contribution in [0.3, 0.4) is 0 Å². The van der Waals surface area contributed by atoms with Crippen LogP contribution in [-0.2, 0) is 16.4 Å². The first-order chi connectivity index (χ1) is 6.68. The van der Waals surface area contributed by atoms with Crippen LogP contribution in [0.15, 0.2) is 17.3 Å². The fourth-order valence-electron chi connectivity index (χ4n) is 1.05. The molecular weight excluding hydrogens is 216 g/mol. The van der Waals surface area contributed by atoms with Crippen molar-refractivity contribution in [1.29, 1.82) is 0 Å². The van der Waals surface area contributed by atoms with Gasteiger partial charge < -0.3 is 5.11 Å². The highest BCUT2D eigenvalue weighted by Gasteiger charge is 2.14. The molecule has 1 aromatic rings. The Labute approximate surface area is 89.6 Å². The summed E-state index contributed by atoms with van der Waals surface area (Å²) in [5, 5.41) is 13.4. The molecule has 0 bridgehead atoms. The summed E-state index contributed by atoms with van der Waals surface area (Å²) in [6.45, 7) is 3.90. The molecule has 0 saturated carbocycles. The third-order valence-electron chi connectivity index (χ3n) is 1.99. The Balaban J connectivity index is 2.70. The van der Waals surface area contributed by atoms with E-state index in [1.54, 1.807) is 13.8 Å². The van der Waals surface area contributed by atoms with Crippen LogP contribution in [0.25, 0.3) is 0 Å². The summed E-state index contributed by atoms with van der Waals surface area (Å²) in [5.74, 6) is 0. The van der Waals surface area contributed by atoms with Crippen molar-refractivity contribution >= 4 is 9.84 Å². The Bertz CT molecular complexity index is 428. The monoisotopic (exact) mass is 232 g/mol. The molecule has 0 aliphatic heterocycles. The van der Waals surface area contributed by atoms with Gasteiger partial charge in [-0.3, -0.25) is 4.68 Å². The predicted molar refractivity (Wildman–Crippen MR) is 56.3 cm³/mol. The molecule has 0 fully saturated rings. The van der Waals surface area contributed by atoms with Crippen molar-refractivity contribution in [3.8, 4) is 0 Å². The Morgan fingerprint density at radius 1 is 1.53 bits per heavy atom. The first-order valence-corrected chi connectivity index (χ1v) is 6.52. The molecular formula is C9H16N2O3S. The molecule has 0 aliphatic rings. The molecule has 86 valence electrons. The highest BCUT2D eigenvalue weighted by atomic mass is 32.2. The minimum absolute atomic E-state index is 0.207. The van der Waals surface area contributed by atoms with Crippen LogP contribution >= 0.6 is 0 Å². The van der Waals surface area contributed by atoms with Crippen LogP contribution in [0, 0.1) is 0 Å². The summed E-state index contributed by atoms with van der Waals surface area (Å²) in [6, 6.07) is 0. The molecule has 0 unspecified atom stereocenters. The van der Waals surface area contributed by atoms with E-state index in [0.717, 1.165) is 6.26 Å². The summed E-state index contributed by atoms with van der Waals surface area (Å²) in [6.07, 6.45) is 4.46. The lowest BCUT2D eigenvalue weighted by molar-refractivity contribution is 0.0651. The van der Waals surface area contributed by atoms with E-state index in [2.05, 4.69) is 5.10 Å². The van der Waals surface area contributed by atoms with Gasteiger partial charge in [-0.1, -0.05) is 0 Å². The van der Waals surface area contributed by atoms with Gasteiger partial charge in [0.25, 0.3) is 0 Å². The first kappa shape index (κ1) is 12.2. The fourth-order valence-corrected chi connectivity index (χ4v) is 1.60. The predicted octanol–water partition coefficient (Wildman–Crippen LogP) is 0.448. The number of rotatable bonds is 4. The maximum atomic E-state index is 11.1. The van der Waals surface area contributed by atoms with Gasteiger partial charge in [-0.2, -0.15) is 5.10 Å². The van der Waals surface area contributed by atoms with E-state index in [4.69, 9.17) is 0 Å². The van der Waals surface area contributed by atoms with Crippen LogP contribution in [-0.4, -0.2) is 35.2 Å². The van der Waals surface area contributed by atoms with Crippen LogP contribution in [0.4, 0.5) is 0 Å². The third-order valence-corrected chi connectivity index (χ3v) is 3.06. The Morgan fingerprint density at radius 3 is 2.53 bits per heavy atom. The molecule has 0 atom stereocenters. The molecule has 1 heterocycles. The largest absolute Gasteiger partial charge is 0.390 e. The maximum absolute atomic E-state index is 11.1. The van der Waals surface area contributed by atoms with Gasteiger partial charge in [0.05, 0.1) is 11.8 Å². The summed E-state index contributed by atoms with van der Waals surface area (Å²) < 4.78 is 23.8. The van der Waals surface area contributed by atoms with Crippen molar-refractivity contribution in [2.75, 3.05) is 6.26 Å². The van der Waals surface area contributed by atoms with Crippen molar-refractivity contribution < 1.29 is 13.5 Å². The van der Waals surface area contributed by atoms with Gasteiger partial charge in [0.15, 0.2) is 9.84 Å². The molecule has 0 aromatic carbocycles. The van der Waals surface area contributed by atoms with Gasteiger partial charge in [-0.25, -0.2) is 8.42 Å². The Hall–Kier alpha value is -0.880. The minimum Gasteiger partial charge on any atom is -0.390 e. The van der Waals surface area contributed by atoms with E-state index in [0.29, 0.717) is 13.0 Å². The van der Waals surface area contributed by atoms with Crippen molar-refractivity contribution in [2.24, 2.45) is 0 Å². The average Bonchev–Trinajstić information content (AvgIpc) is 2.45. The topological polar surface area (TPSA) is 72.2 Å². The second-order valence-electron chi connectivity index (χ2n) is 4.27. The number of aryl methyl sites for hydroxylation is 1.